The van der Waals surface area contributed by atoms with Crippen LogP contribution in [0.4, 0.5) is 0 Å². The summed E-state index contributed by atoms with van der Waals surface area (Å²) in [7, 11) is 0. The van der Waals surface area contributed by atoms with Gasteiger partial charge >= 0.3 is 0 Å². The molecule has 7 heavy (non-hydrogen) atoms. The van der Waals surface area contributed by atoms with Crippen molar-refractivity contribution in [3.8, 4) is 12.0 Å². The third-order valence-electron chi connectivity index (χ3n) is 0.565. The molecular formula is C5H10N2. The highest BCUT2D eigenvalue weighted by Crippen LogP contribution is 1.50. The summed E-state index contributed by atoms with van der Waals surface area (Å²) in [5.74, 6) is 2.67. The van der Waals surface area contributed by atoms with Crippen molar-refractivity contribution < 1.29 is 0 Å². The summed E-state index contributed by atoms with van der Waals surface area (Å²) >= 11 is 0. The number of nitrogens with two attached hydrogens (primary N) is 1. The molecule has 0 bridgehead atoms. The highest BCUT2D eigenvalue weighted by molar-refractivity contribution is 4.95. The van der Waals surface area contributed by atoms with Crippen LogP contribution in [0.1, 0.15) is 6.92 Å². The van der Waals surface area contributed by atoms with Crippen molar-refractivity contribution in [1.29, 1.82) is 0 Å². The van der Waals surface area contributed by atoms with Crippen LogP contribution < -0.4 is 11.1 Å². The summed E-state index contributed by atoms with van der Waals surface area (Å²) in [5.41, 5.74) is 4.87. The Balaban J connectivity index is 2.78. The van der Waals surface area contributed by atoms with E-state index in [9.17, 15) is 0 Å². The van der Waals surface area contributed by atoms with Gasteiger partial charge in [-0.3, -0.25) is 0 Å². The Bertz CT molecular complexity index is 77.8. The molecule has 0 aliphatic heterocycles. The lowest BCUT2D eigenvalue weighted by molar-refractivity contribution is 0.811. The molecule has 0 aliphatic rings. The molecule has 0 amide bonds. The number of rotatable bonds is 2. The predicted molar refractivity (Wildman–Crippen MR) is 30.5 cm³/mol. The van der Waals surface area contributed by atoms with Crippen molar-refractivity contribution >= 4 is 0 Å². The Morgan fingerprint density at radius 1 is 1.71 bits per heavy atom. The van der Waals surface area contributed by atoms with E-state index in [1.807, 2.05) is 6.92 Å². The molecule has 0 unspecified atom stereocenters. The maximum Gasteiger partial charge on any atom is 0.0594 e. The highest BCUT2D eigenvalue weighted by atomic mass is 14.8. The zero-order valence-corrected chi connectivity index (χ0v) is 4.49. The Labute approximate surface area is 44.1 Å². The van der Waals surface area contributed by atoms with Crippen LogP contribution in [0.5, 0.6) is 0 Å². The van der Waals surface area contributed by atoms with Crippen LogP contribution in [-0.4, -0.2) is 13.1 Å². The molecule has 0 fully saturated rings. The summed E-state index contributed by atoms with van der Waals surface area (Å²) in [6.45, 7) is 3.68. The third-order valence-corrected chi connectivity index (χ3v) is 0.565. The summed E-state index contributed by atoms with van der Waals surface area (Å²) in [4.78, 5) is 0. The minimum Gasteiger partial charge on any atom is -0.359 e. The quantitative estimate of drug-likeness (QED) is 0.278. The van der Waals surface area contributed by atoms with Gasteiger partial charge < -0.3 is 11.1 Å². The van der Waals surface area contributed by atoms with Crippen molar-refractivity contribution in [2.45, 2.75) is 6.92 Å². The zero-order chi connectivity index (χ0) is 5.54. The summed E-state index contributed by atoms with van der Waals surface area (Å²) in [5, 5.41) is 3.00. The maximum absolute atomic E-state index is 4.87. The van der Waals surface area contributed by atoms with E-state index in [0.717, 1.165) is 6.54 Å². The van der Waals surface area contributed by atoms with E-state index in [0.29, 0.717) is 6.54 Å². The topological polar surface area (TPSA) is 38.0 Å². The van der Waals surface area contributed by atoms with Crippen molar-refractivity contribution in [2.24, 2.45) is 5.73 Å². The highest BCUT2D eigenvalue weighted by Gasteiger charge is 1.68. The van der Waals surface area contributed by atoms with Crippen molar-refractivity contribution in [3.05, 3.63) is 0 Å². The molecule has 2 heteroatoms. The van der Waals surface area contributed by atoms with Gasteiger partial charge in [0, 0.05) is 6.04 Å². The van der Waals surface area contributed by atoms with Gasteiger partial charge in [0.1, 0.15) is 0 Å². The van der Waals surface area contributed by atoms with Gasteiger partial charge in [0.05, 0.1) is 6.54 Å². The van der Waals surface area contributed by atoms with Gasteiger partial charge in [-0.2, -0.15) is 0 Å². The van der Waals surface area contributed by atoms with Gasteiger partial charge in [-0.15, -0.1) is 0 Å². The Morgan fingerprint density at radius 3 is 2.86 bits per heavy atom. The summed E-state index contributed by atoms with van der Waals surface area (Å²) < 4.78 is 0. The average molecular weight is 98.1 g/mol. The van der Waals surface area contributed by atoms with Gasteiger partial charge in [0.15, 0.2) is 0 Å². The Kier molecular flexibility index (Phi) is 4.80. The molecule has 2 nitrogen and oxygen atoms in total. The Hall–Kier alpha value is -0.680. The molecule has 0 rings (SSSR count). The second-order valence-electron chi connectivity index (χ2n) is 1.10. The van der Waals surface area contributed by atoms with E-state index >= 15 is 0 Å². The average Bonchev–Trinajstić information content (AvgIpc) is 1.69. The van der Waals surface area contributed by atoms with Crippen LogP contribution in [0.15, 0.2) is 0 Å². The lowest BCUT2D eigenvalue weighted by Crippen LogP contribution is -2.12. The van der Waals surface area contributed by atoms with E-state index < -0.39 is 0 Å². The van der Waals surface area contributed by atoms with E-state index in [1.165, 1.54) is 0 Å². The lowest BCUT2D eigenvalue weighted by atomic mass is 10.6. The Morgan fingerprint density at radius 2 is 2.43 bits per heavy atom. The zero-order valence-electron chi connectivity index (χ0n) is 4.49. The molecular weight excluding hydrogens is 88.1 g/mol. The number of hydrogen-bond acceptors (Lipinski definition) is 2. The molecule has 0 saturated heterocycles. The first-order valence-electron chi connectivity index (χ1n) is 2.31. The van der Waals surface area contributed by atoms with Gasteiger partial charge in [-0.25, -0.2) is 0 Å². The first-order chi connectivity index (χ1) is 3.41. The van der Waals surface area contributed by atoms with Crippen LogP contribution in [0.3, 0.4) is 0 Å². The third kappa shape index (κ3) is 5.32. The predicted octanol–water partition coefficient (Wildman–Crippen LogP) is -0.484. The van der Waals surface area contributed by atoms with Crippen LogP contribution in [0, 0.1) is 12.0 Å². The molecule has 0 saturated carbocycles. The normalized spacial score (nSPS) is 7.00. The van der Waals surface area contributed by atoms with Crippen LogP contribution in [0.25, 0.3) is 0 Å². The first kappa shape index (κ1) is 6.32. The van der Waals surface area contributed by atoms with Crippen molar-refractivity contribution in [3.63, 3.8) is 0 Å². The van der Waals surface area contributed by atoms with E-state index in [1.54, 1.807) is 0 Å². The van der Waals surface area contributed by atoms with Gasteiger partial charge in [0.25, 0.3) is 0 Å². The van der Waals surface area contributed by atoms with Crippen molar-refractivity contribution in [1.82, 2.24) is 5.32 Å². The maximum atomic E-state index is 4.87. The fourth-order valence-electron chi connectivity index (χ4n) is 0.239. The SMILES string of the molecule is CCNCC#CN. The van der Waals surface area contributed by atoms with Crippen LogP contribution >= 0.6 is 0 Å². The largest absolute Gasteiger partial charge is 0.359 e. The second kappa shape index (κ2) is 5.32. The molecule has 0 radical (unpaired) electrons. The van der Waals surface area contributed by atoms with Gasteiger partial charge in [0.2, 0.25) is 0 Å². The van der Waals surface area contributed by atoms with E-state index in [-0.39, 0.29) is 0 Å². The van der Waals surface area contributed by atoms with E-state index in [4.69, 9.17) is 5.73 Å². The molecule has 0 aliphatic carbocycles. The standard InChI is InChI=1S/C5H10N2/c1-2-7-5-3-4-6/h7H,2,5-6H2,1H3. The molecule has 0 atom stereocenters. The number of nitrogens with one attached hydrogen (secondary N) is 1. The molecule has 0 heterocycles. The molecule has 0 aromatic carbocycles. The molecule has 0 aromatic rings. The van der Waals surface area contributed by atoms with Gasteiger partial charge in [-0.05, 0) is 6.54 Å². The minimum atomic E-state index is 0.701. The lowest BCUT2D eigenvalue weighted by Gasteiger charge is -1.86. The second-order valence-corrected chi connectivity index (χ2v) is 1.10. The van der Waals surface area contributed by atoms with Crippen LogP contribution in [-0.2, 0) is 0 Å². The van der Waals surface area contributed by atoms with Crippen molar-refractivity contribution in [2.75, 3.05) is 13.1 Å². The van der Waals surface area contributed by atoms with Gasteiger partial charge in [-0.1, -0.05) is 12.8 Å². The fraction of sp³-hybridized carbons (Fsp3) is 0.600. The minimum absolute atomic E-state index is 0.701. The molecule has 0 aromatic heterocycles. The molecule has 3 N–H and O–H groups in total. The number of hydrogen-bond donors (Lipinski definition) is 2. The van der Waals surface area contributed by atoms with Crippen LogP contribution in [0.2, 0.25) is 0 Å². The summed E-state index contributed by atoms with van der Waals surface area (Å²) in [6.07, 6.45) is 0. The monoisotopic (exact) mass is 98.1 g/mol. The van der Waals surface area contributed by atoms with E-state index in [2.05, 4.69) is 17.3 Å². The summed E-state index contributed by atoms with van der Waals surface area (Å²) in [6, 6.07) is 2.29. The fourth-order valence-corrected chi connectivity index (χ4v) is 0.239. The molecule has 40 valence electrons. The smallest absolute Gasteiger partial charge is 0.0594 e. The first-order valence-corrected chi connectivity index (χ1v) is 2.31. The molecule has 0 spiro atoms.